The molecule has 94 valence electrons. The minimum absolute atomic E-state index is 0.167. The molecule has 2 aromatic heterocycles. The summed E-state index contributed by atoms with van der Waals surface area (Å²) in [5.74, 6) is 1.71. The SMILES string of the molecule is O=C(NCCSCc1ccsc1)c1cnccn1. The second kappa shape index (κ2) is 7.13. The lowest BCUT2D eigenvalue weighted by atomic mass is 10.4. The minimum Gasteiger partial charge on any atom is -0.350 e. The Labute approximate surface area is 114 Å². The maximum Gasteiger partial charge on any atom is 0.271 e. The number of thiophene rings is 1. The number of rotatable bonds is 6. The van der Waals surface area contributed by atoms with Crippen LogP contribution >= 0.6 is 23.1 Å². The molecule has 1 amide bonds. The highest BCUT2D eigenvalue weighted by Crippen LogP contribution is 2.14. The van der Waals surface area contributed by atoms with Crippen LogP contribution in [-0.2, 0) is 5.75 Å². The van der Waals surface area contributed by atoms with Crippen molar-refractivity contribution in [1.29, 1.82) is 0 Å². The van der Waals surface area contributed by atoms with Crippen molar-refractivity contribution in [2.24, 2.45) is 0 Å². The van der Waals surface area contributed by atoms with Crippen molar-refractivity contribution in [3.05, 3.63) is 46.7 Å². The Bertz CT molecular complexity index is 473. The summed E-state index contributed by atoms with van der Waals surface area (Å²) in [4.78, 5) is 19.4. The molecule has 4 nitrogen and oxygen atoms in total. The van der Waals surface area contributed by atoms with Gasteiger partial charge in [-0.1, -0.05) is 0 Å². The van der Waals surface area contributed by atoms with Crippen molar-refractivity contribution in [2.75, 3.05) is 12.3 Å². The van der Waals surface area contributed by atoms with E-state index >= 15 is 0 Å². The van der Waals surface area contributed by atoms with Gasteiger partial charge in [-0.2, -0.15) is 23.1 Å². The molecular weight excluding hydrogens is 266 g/mol. The van der Waals surface area contributed by atoms with Gasteiger partial charge in [0.1, 0.15) is 5.69 Å². The molecule has 0 aliphatic rings. The number of carbonyl (C=O) groups excluding carboxylic acids is 1. The summed E-state index contributed by atoms with van der Waals surface area (Å²) < 4.78 is 0. The maximum atomic E-state index is 11.6. The molecule has 1 N–H and O–H groups in total. The van der Waals surface area contributed by atoms with Gasteiger partial charge in [-0.05, 0) is 22.4 Å². The van der Waals surface area contributed by atoms with Gasteiger partial charge in [-0.3, -0.25) is 9.78 Å². The number of hydrogen-bond acceptors (Lipinski definition) is 5. The van der Waals surface area contributed by atoms with Gasteiger partial charge in [0.25, 0.3) is 5.91 Å². The smallest absolute Gasteiger partial charge is 0.271 e. The van der Waals surface area contributed by atoms with Gasteiger partial charge in [0.2, 0.25) is 0 Å². The Hall–Kier alpha value is -1.40. The van der Waals surface area contributed by atoms with E-state index in [1.165, 1.54) is 18.0 Å². The summed E-state index contributed by atoms with van der Waals surface area (Å²) in [6.07, 6.45) is 4.53. The second-order valence-corrected chi connectivity index (χ2v) is 5.42. The Kier molecular flexibility index (Phi) is 5.16. The number of nitrogens with one attached hydrogen (secondary N) is 1. The van der Waals surface area contributed by atoms with Gasteiger partial charge in [0.05, 0.1) is 6.20 Å². The lowest BCUT2D eigenvalue weighted by Crippen LogP contribution is -2.26. The van der Waals surface area contributed by atoms with E-state index in [0.717, 1.165) is 11.5 Å². The molecule has 0 aromatic carbocycles. The number of thioether (sulfide) groups is 1. The van der Waals surface area contributed by atoms with E-state index in [1.807, 2.05) is 0 Å². The molecule has 18 heavy (non-hydrogen) atoms. The molecule has 2 aromatic rings. The van der Waals surface area contributed by atoms with Crippen molar-refractivity contribution in [3.8, 4) is 0 Å². The van der Waals surface area contributed by atoms with E-state index < -0.39 is 0 Å². The monoisotopic (exact) mass is 279 g/mol. The maximum absolute atomic E-state index is 11.6. The first-order valence-electron chi connectivity index (χ1n) is 5.49. The summed E-state index contributed by atoms with van der Waals surface area (Å²) in [7, 11) is 0. The van der Waals surface area contributed by atoms with E-state index in [1.54, 1.807) is 29.3 Å². The Balaban J connectivity index is 1.62. The van der Waals surface area contributed by atoms with Crippen LogP contribution in [0, 0.1) is 0 Å². The molecule has 0 radical (unpaired) electrons. The predicted octanol–water partition coefficient (Wildman–Crippen LogP) is 2.20. The molecule has 0 bridgehead atoms. The third-order valence-electron chi connectivity index (χ3n) is 2.18. The molecular formula is C12H13N3OS2. The molecule has 0 spiro atoms. The van der Waals surface area contributed by atoms with Crippen LogP contribution < -0.4 is 5.32 Å². The summed E-state index contributed by atoms with van der Waals surface area (Å²) >= 11 is 3.51. The van der Waals surface area contributed by atoms with Crippen LogP contribution in [0.15, 0.2) is 35.4 Å². The lowest BCUT2D eigenvalue weighted by Gasteiger charge is -2.03. The highest BCUT2D eigenvalue weighted by Gasteiger charge is 2.05. The molecule has 2 rings (SSSR count). The van der Waals surface area contributed by atoms with E-state index in [4.69, 9.17) is 0 Å². The fraction of sp³-hybridized carbons (Fsp3) is 0.250. The summed E-state index contributed by atoms with van der Waals surface area (Å²) in [5, 5.41) is 7.04. The Morgan fingerprint density at radius 1 is 1.44 bits per heavy atom. The van der Waals surface area contributed by atoms with Crippen LogP contribution in [-0.4, -0.2) is 28.2 Å². The normalized spacial score (nSPS) is 10.2. The van der Waals surface area contributed by atoms with E-state index in [9.17, 15) is 4.79 Å². The van der Waals surface area contributed by atoms with E-state index in [0.29, 0.717) is 12.2 Å². The quantitative estimate of drug-likeness (QED) is 0.824. The van der Waals surface area contributed by atoms with E-state index in [2.05, 4.69) is 32.1 Å². The third-order valence-corrected chi connectivity index (χ3v) is 3.94. The van der Waals surface area contributed by atoms with Gasteiger partial charge in [-0.25, -0.2) is 4.98 Å². The number of nitrogens with zero attached hydrogens (tertiary/aromatic N) is 2. The highest BCUT2D eigenvalue weighted by molar-refractivity contribution is 7.98. The largest absolute Gasteiger partial charge is 0.350 e. The van der Waals surface area contributed by atoms with E-state index in [-0.39, 0.29) is 5.91 Å². The van der Waals surface area contributed by atoms with Crippen LogP contribution in [0.1, 0.15) is 16.1 Å². The van der Waals surface area contributed by atoms with Crippen molar-refractivity contribution >= 4 is 29.0 Å². The Morgan fingerprint density at radius 3 is 3.11 bits per heavy atom. The second-order valence-electron chi connectivity index (χ2n) is 3.53. The molecule has 0 atom stereocenters. The van der Waals surface area contributed by atoms with Gasteiger partial charge in [0.15, 0.2) is 0 Å². The number of aromatic nitrogens is 2. The first-order valence-corrected chi connectivity index (χ1v) is 7.59. The van der Waals surface area contributed by atoms with Crippen molar-refractivity contribution in [2.45, 2.75) is 5.75 Å². The fourth-order valence-corrected chi connectivity index (χ4v) is 2.89. The van der Waals surface area contributed by atoms with Gasteiger partial charge < -0.3 is 5.32 Å². The van der Waals surface area contributed by atoms with Crippen LogP contribution in [0.3, 0.4) is 0 Å². The number of hydrogen-bond donors (Lipinski definition) is 1. The van der Waals surface area contributed by atoms with Crippen LogP contribution in [0.5, 0.6) is 0 Å². The molecule has 0 fully saturated rings. The zero-order valence-electron chi connectivity index (χ0n) is 9.70. The molecule has 0 aliphatic carbocycles. The first kappa shape index (κ1) is 13.0. The fourth-order valence-electron chi connectivity index (χ4n) is 1.31. The topological polar surface area (TPSA) is 54.9 Å². The molecule has 0 aliphatic heterocycles. The Morgan fingerprint density at radius 2 is 2.39 bits per heavy atom. The standard InChI is InChI=1S/C12H13N3OS2/c16-12(11-7-13-2-3-14-11)15-4-6-18-9-10-1-5-17-8-10/h1-3,5,7-8H,4,6,9H2,(H,15,16). The average molecular weight is 279 g/mol. The molecule has 0 saturated carbocycles. The molecule has 0 saturated heterocycles. The van der Waals surface area contributed by atoms with Crippen molar-refractivity contribution in [3.63, 3.8) is 0 Å². The van der Waals surface area contributed by atoms with Crippen molar-refractivity contribution < 1.29 is 4.79 Å². The number of amides is 1. The summed E-state index contributed by atoms with van der Waals surface area (Å²) in [5.41, 5.74) is 1.70. The first-order chi connectivity index (χ1) is 8.86. The van der Waals surface area contributed by atoms with Crippen LogP contribution in [0.4, 0.5) is 0 Å². The zero-order chi connectivity index (χ0) is 12.6. The van der Waals surface area contributed by atoms with Gasteiger partial charge >= 0.3 is 0 Å². The molecule has 6 heteroatoms. The summed E-state index contributed by atoms with van der Waals surface area (Å²) in [6.45, 7) is 0.643. The highest BCUT2D eigenvalue weighted by atomic mass is 32.2. The van der Waals surface area contributed by atoms with Crippen LogP contribution in [0.25, 0.3) is 0 Å². The average Bonchev–Trinajstić information content (AvgIpc) is 2.92. The molecule has 2 heterocycles. The predicted molar refractivity (Wildman–Crippen MR) is 74.8 cm³/mol. The zero-order valence-corrected chi connectivity index (χ0v) is 11.3. The molecule has 0 unspecified atom stereocenters. The number of carbonyl (C=O) groups is 1. The van der Waals surface area contributed by atoms with Gasteiger partial charge in [0, 0.05) is 30.4 Å². The van der Waals surface area contributed by atoms with Gasteiger partial charge in [-0.15, -0.1) is 0 Å². The lowest BCUT2D eigenvalue weighted by molar-refractivity contribution is 0.0951. The summed E-state index contributed by atoms with van der Waals surface area (Å²) in [6, 6.07) is 2.12. The third kappa shape index (κ3) is 4.12. The van der Waals surface area contributed by atoms with Crippen molar-refractivity contribution in [1.82, 2.24) is 15.3 Å². The minimum atomic E-state index is -0.167. The van der Waals surface area contributed by atoms with Crippen LogP contribution in [0.2, 0.25) is 0 Å².